The Morgan fingerprint density at radius 1 is 1.12 bits per heavy atom. The Labute approximate surface area is 98.0 Å². The zero-order chi connectivity index (χ0) is 11.4. The maximum atomic E-state index is 2.26. The Balaban J connectivity index is 2.17. The molecule has 0 nitrogen and oxygen atoms in total. The monoisotopic (exact) mass is 210 g/mol. The van der Waals surface area contributed by atoms with Crippen LogP contribution in [0.1, 0.15) is 18.1 Å². The van der Waals surface area contributed by atoms with Gasteiger partial charge in [-0.25, -0.2) is 0 Å². The summed E-state index contributed by atoms with van der Waals surface area (Å²) in [5, 5.41) is 0. The highest BCUT2D eigenvalue weighted by Crippen LogP contribution is 2.16. The zero-order valence-electron chi connectivity index (χ0n) is 9.98. The number of benzene rings is 1. The third-order valence-electron chi connectivity index (χ3n) is 2.99. The van der Waals surface area contributed by atoms with E-state index in [2.05, 4.69) is 68.5 Å². The van der Waals surface area contributed by atoms with Crippen molar-refractivity contribution in [3.8, 4) is 0 Å². The van der Waals surface area contributed by atoms with E-state index in [0.29, 0.717) is 5.92 Å². The van der Waals surface area contributed by atoms with Gasteiger partial charge in [0.15, 0.2) is 0 Å². The molecule has 0 radical (unpaired) electrons. The molecule has 82 valence electrons. The molecule has 16 heavy (non-hydrogen) atoms. The van der Waals surface area contributed by atoms with Crippen molar-refractivity contribution in [3.05, 3.63) is 71.3 Å². The largest absolute Gasteiger partial charge is 0.0779 e. The number of aryl methyl sites for hydroxylation is 1. The van der Waals surface area contributed by atoms with Gasteiger partial charge in [-0.2, -0.15) is 0 Å². The smallest absolute Gasteiger partial charge is 0.00233 e. The summed E-state index contributed by atoms with van der Waals surface area (Å²) in [5.74, 6) is 0.547. The van der Waals surface area contributed by atoms with Crippen molar-refractivity contribution >= 4 is 0 Å². The summed E-state index contributed by atoms with van der Waals surface area (Å²) in [5.41, 5.74) is 4.18. The summed E-state index contributed by atoms with van der Waals surface area (Å²) in [4.78, 5) is 0. The predicted octanol–water partition coefficient (Wildman–Crippen LogP) is 4.23. The van der Waals surface area contributed by atoms with Gasteiger partial charge in [-0.1, -0.05) is 61.6 Å². The van der Waals surface area contributed by atoms with Crippen molar-refractivity contribution in [2.24, 2.45) is 5.92 Å². The number of rotatable bonds is 2. The molecular formula is C16H18. The molecular weight excluding hydrogens is 192 g/mol. The summed E-state index contributed by atoms with van der Waals surface area (Å²) in [6, 6.07) is 8.59. The molecule has 0 saturated carbocycles. The van der Waals surface area contributed by atoms with Gasteiger partial charge in [0, 0.05) is 0 Å². The van der Waals surface area contributed by atoms with Crippen molar-refractivity contribution in [1.29, 1.82) is 0 Å². The van der Waals surface area contributed by atoms with Crippen LogP contribution in [-0.4, -0.2) is 0 Å². The van der Waals surface area contributed by atoms with Crippen molar-refractivity contribution in [2.75, 3.05) is 0 Å². The molecule has 0 spiro atoms. The average Bonchev–Trinajstić information content (AvgIpc) is 2.47. The molecule has 1 aliphatic carbocycles. The van der Waals surface area contributed by atoms with E-state index in [1.54, 1.807) is 0 Å². The van der Waals surface area contributed by atoms with Crippen LogP contribution in [0.2, 0.25) is 0 Å². The molecule has 1 aromatic rings. The van der Waals surface area contributed by atoms with Crippen LogP contribution in [0.3, 0.4) is 0 Å². The van der Waals surface area contributed by atoms with Crippen LogP contribution < -0.4 is 0 Å². The van der Waals surface area contributed by atoms with E-state index in [-0.39, 0.29) is 0 Å². The van der Waals surface area contributed by atoms with Crippen LogP contribution in [0.15, 0.2) is 60.2 Å². The lowest BCUT2D eigenvalue weighted by molar-refractivity contribution is 0.941. The van der Waals surface area contributed by atoms with Gasteiger partial charge in [-0.05, 0) is 36.0 Å². The van der Waals surface area contributed by atoms with Crippen LogP contribution in [0.25, 0.3) is 0 Å². The molecule has 1 unspecified atom stereocenters. The molecule has 0 aromatic heterocycles. The van der Waals surface area contributed by atoms with Gasteiger partial charge in [0.2, 0.25) is 0 Å². The Hall–Kier alpha value is -1.56. The van der Waals surface area contributed by atoms with E-state index in [9.17, 15) is 0 Å². The standard InChI is InChI=1S/C16H18/c1-13-6-5-8-15(11-10-13)12-16-9-4-3-7-14(16)2/h3-11,13H,12H2,1-2H3. The number of allylic oxidation sites excluding steroid dienone is 6. The Kier molecular flexibility index (Phi) is 3.40. The summed E-state index contributed by atoms with van der Waals surface area (Å²) >= 11 is 0. The first-order valence-electron chi connectivity index (χ1n) is 5.86. The summed E-state index contributed by atoms with van der Waals surface area (Å²) in [6.07, 6.45) is 12.1. The van der Waals surface area contributed by atoms with E-state index in [4.69, 9.17) is 0 Å². The van der Waals surface area contributed by atoms with Crippen LogP contribution in [0, 0.1) is 12.8 Å². The van der Waals surface area contributed by atoms with Crippen LogP contribution in [0.5, 0.6) is 0 Å². The second-order valence-electron chi connectivity index (χ2n) is 4.45. The van der Waals surface area contributed by atoms with E-state index in [0.717, 1.165) is 6.42 Å². The van der Waals surface area contributed by atoms with Crippen molar-refractivity contribution < 1.29 is 0 Å². The minimum absolute atomic E-state index is 0.547. The minimum atomic E-state index is 0.547. The second kappa shape index (κ2) is 4.98. The maximum absolute atomic E-state index is 2.26. The molecule has 1 aromatic carbocycles. The highest BCUT2D eigenvalue weighted by atomic mass is 14.1. The molecule has 0 N–H and O–H groups in total. The summed E-state index contributed by atoms with van der Waals surface area (Å²) < 4.78 is 0. The topological polar surface area (TPSA) is 0 Å². The lowest BCUT2D eigenvalue weighted by Gasteiger charge is -2.05. The van der Waals surface area contributed by atoms with Gasteiger partial charge in [0.25, 0.3) is 0 Å². The van der Waals surface area contributed by atoms with E-state index in [1.165, 1.54) is 16.7 Å². The molecule has 0 aliphatic heterocycles. The average molecular weight is 210 g/mol. The first kappa shape index (κ1) is 10.9. The van der Waals surface area contributed by atoms with Gasteiger partial charge in [0.1, 0.15) is 0 Å². The van der Waals surface area contributed by atoms with Crippen molar-refractivity contribution in [2.45, 2.75) is 20.3 Å². The molecule has 0 fully saturated rings. The number of hydrogen-bond acceptors (Lipinski definition) is 0. The first-order valence-corrected chi connectivity index (χ1v) is 5.86. The van der Waals surface area contributed by atoms with E-state index < -0.39 is 0 Å². The molecule has 0 saturated heterocycles. The maximum Gasteiger partial charge on any atom is -0.00233 e. The quantitative estimate of drug-likeness (QED) is 0.685. The Bertz CT molecular complexity index is 447. The van der Waals surface area contributed by atoms with Crippen molar-refractivity contribution in [1.82, 2.24) is 0 Å². The fourth-order valence-electron chi connectivity index (χ4n) is 1.90. The van der Waals surface area contributed by atoms with Crippen LogP contribution >= 0.6 is 0 Å². The third kappa shape index (κ3) is 2.73. The fourth-order valence-corrected chi connectivity index (χ4v) is 1.90. The highest BCUT2D eigenvalue weighted by Gasteiger charge is 2.01. The third-order valence-corrected chi connectivity index (χ3v) is 2.99. The lowest BCUT2D eigenvalue weighted by Crippen LogP contribution is -1.91. The van der Waals surface area contributed by atoms with Crippen LogP contribution in [0.4, 0.5) is 0 Å². The molecule has 0 heterocycles. The fraction of sp³-hybridized carbons (Fsp3) is 0.250. The van der Waals surface area contributed by atoms with Gasteiger partial charge >= 0.3 is 0 Å². The zero-order valence-corrected chi connectivity index (χ0v) is 9.98. The Morgan fingerprint density at radius 3 is 2.75 bits per heavy atom. The molecule has 1 aliphatic rings. The van der Waals surface area contributed by atoms with Gasteiger partial charge in [-0.3, -0.25) is 0 Å². The Morgan fingerprint density at radius 2 is 1.94 bits per heavy atom. The molecule has 1 atom stereocenters. The predicted molar refractivity (Wildman–Crippen MR) is 70.4 cm³/mol. The van der Waals surface area contributed by atoms with Gasteiger partial charge in [-0.15, -0.1) is 0 Å². The second-order valence-corrected chi connectivity index (χ2v) is 4.45. The molecule has 2 rings (SSSR count). The SMILES string of the molecule is Cc1ccccc1CC1=CC=CC(C)C=C1. The van der Waals surface area contributed by atoms with Crippen molar-refractivity contribution in [3.63, 3.8) is 0 Å². The number of hydrogen-bond donors (Lipinski definition) is 0. The van der Waals surface area contributed by atoms with E-state index in [1.807, 2.05) is 0 Å². The first-order chi connectivity index (χ1) is 7.75. The van der Waals surface area contributed by atoms with E-state index >= 15 is 0 Å². The summed E-state index contributed by atoms with van der Waals surface area (Å²) in [7, 11) is 0. The normalized spacial score (nSPS) is 19.4. The summed E-state index contributed by atoms with van der Waals surface area (Å²) in [6.45, 7) is 4.38. The molecule has 0 bridgehead atoms. The molecule has 0 amide bonds. The minimum Gasteiger partial charge on any atom is -0.0779 e. The molecule has 0 heteroatoms. The van der Waals surface area contributed by atoms with Crippen LogP contribution in [-0.2, 0) is 6.42 Å². The highest BCUT2D eigenvalue weighted by molar-refractivity contribution is 5.36. The lowest BCUT2D eigenvalue weighted by atomic mass is 10.00. The van der Waals surface area contributed by atoms with Gasteiger partial charge < -0.3 is 0 Å². The van der Waals surface area contributed by atoms with Gasteiger partial charge in [0.05, 0.1) is 0 Å².